The van der Waals surface area contributed by atoms with Crippen molar-refractivity contribution in [2.45, 2.75) is 13.8 Å². The van der Waals surface area contributed by atoms with Crippen LogP contribution in [0.1, 0.15) is 11.1 Å². The van der Waals surface area contributed by atoms with Crippen molar-refractivity contribution in [3.05, 3.63) is 78.1 Å². The van der Waals surface area contributed by atoms with Crippen molar-refractivity contribution in [3.8, 4) is 16.9 Å². The summed E-state index contributed by atoms with van der Waals surface area (Å²) in [6, 6.07) is 17.7. The number of benzene rings is 2. The van der Waals surface area contributed by atoms with Crippen LogP contribution in [-0.2, 0) is 0 Å². The molecule has 7 heteroatoms. The number of rotatable bonds is 5. The fourth-order valence-corrected chi connectivity index (χ4v) is 3.09. The summed E-state index contributed by atoms with van der Waals surface area (Å²) in [7, 11) is 0. The molecule has 7 nitrogen and oxygen atoms in total. The first-order valence-corrected chi connectivity index (χ1v) is 8.94. The minimum atomic E-state index is 0.429. The van der Waals surface area contributed by atoms with E-state index < -0.39 is 0 Å². The molecule has 140 valence electrons. The van der Waals surface area contributed by atoms with Crippen LogP contribution in [0.2, 0.25) is 0 Å². The molecule has 4 rings (SSSR count). The number of hydrazine groups is 1. The van der Waals surface area contributed by atoms with Crippen molar-refractivity contribution in [3.63, 3.8) is 0 Å². The van der Waals surface area contributed by atoms with Gasteiger partial charge in [-0.15, -0.1) is 0 Å². The van der Waals surface area contributed by atoms with E-state index in [9.17, 15) is 0 Å². The number of nitrogens with zero attached hydrogens (tertiary/aromatic N) is 4. The molecular formula is C21H21N7. The Labute approximate surface area is 163 Å². The molecule has 0 spiro atoms. The summed E-state index contributed by atoms with van der Waals surface area (Å²) < 4.78 is 1.72. The first-order chi connectivity index (χ1) is 13.7. The zero-order valence-corrected chi connectivity index (χ0v) is 15.7. The van der Waals surface area contributed by atoms with Crippen LogP contribution in [0.25, 0.3) is 16.9 Å². The van der Waals surface area contributed by atoms with E-state index in [4.69, 9.17) is 10.8 Å². The summed E-state index contributed by atoms with van der Waals surface area (Å²) in [5.74, 6) is 7.45. The van der Waals surface area contributed by atoms with E-state index in [2.05, 4.69) is 40.7 Å². The standard InChI is InChI=1S/C21H21N7/c1-14-8-6-11-17(15(14)2)18-19(27-22)25-21(24-16-9-4-3-5-10-16)26-20(18)28-13-7-12-23-28/h3-13H,22H2,1-2H3,(H2,24,25,26,27). The smallest absolute Gasteiger partial charge is 0.231 e. The Morgan fingerprint density at radius 1 is 0.929 bits per heavy atom. The summed E-state index contributed by atoms with van der Waals surface area (Å²) in [6.07, 6.45) is 3.57. The van der Waals surface area contributed by atoms with Gasteiger partial charge in [-0.1, -0.05) is 36.4 Å². The van der Waals surface area contributed by atoms with Crippen molar-refractivity contribution >= 4 is 17.5 Å². The fourth-order valence-electron chi connectivity index (χ4n) is 3.09. The van der Waals surface area contributed by atoms with Gasteiger partial charge in [0.15, 0.2) is 11.6 Å². The minimum absolute atomic E-state index is 0.429. The SMILES string of the molecule is Cc1cccc(-c2c(NN)nc(Nc3ccccc3)nc2-n2cccn2)c1C. The van der Waals surface area contributed by atoms with Crippen molar-refractivity contribution in [2.75, 3.05) is 10.7 Å². The number of aryl methyl sites for hydroxylation is 1. The second-order valence-electron chi connectivity index (χ2n) is 6.43. The number of anilines is 3. The van der Waals surface area contributed by atoms with Crippen LogP contribution in [0, 0.1) is 13.8 Å². The van der Waals surface area contributed by atoms with Gasteiger partial charge in [-0.3, -0.25) is 0 Å². The highest BCUT2D eigenvalue weighted by Crippen LogP contribution is 2.35. The van der Waals surface area contributed by atoms with Crippen LogP contribution >= 0.6 is 0 Å². The van der Waals surface area contributed by atoms with Crippen LogP contribution in [0.4, 0.5) is 17.5 Å². The van der Waals surface area contributed by atoms with Gasteiger partial charge in [0, 0.05) is 18.1 Å². The number of nitrogens with two attached hydrogens (primary N) is 1. The third kappa shape index (κ3) is 3.30. The Balaban J connectivity index is 1.93. The van der Waals surface area contributed by atoms with E-state index in [0.29, 0.717) is 17.6 Å². The molecule has 28 heavy (non-hydrogen) atoms. The molecule has 0 aliphatic heterocycles. The number of aromatic nitrogens is 4. The molecule has 0 amide bonds. The van der Waals surface area contributed by atoms with Crippen molar-refractivity contribution in [2.24, 2.45) is 5.84 Å². The van der Waals surface area contributed by atoms with Gasteiger partial charge in [-0.2, -0.15) is 15.1 Å². The molecule has 0 unspecified atom stereocenters. The Hall–Kier alpha value is -3.71. The second-order valence-corrected chi connectivity index (χ2v) is 6.43. The molecule has 2 heterocycles. The Kier molecular flexibility index (Phi) is 4.74. The van der Waals surface area contributed by atoms with Crippen molar-refractivity contribution in [1.82, 2.24) is 19.7 Å². The van der Waals surface area contributed by atoms with Crippen LogP contribution in [-0.4, -0.2) is 19.7 Å². The molecular weight excluding hydrogens is 350 g/mol. The number of hydrogen-bond acceptors (Lipinski definition) is 6. The third-order valence-corrected chi connectivity index (χ3v) is 4.65. The zero-order chi connectivity index (χ0) is 19.5. The molecule has 0 bridgehead atoms. The lowest BCUT2D eigenvalue weighted by Gasteiger charge is -2.18. The summed E-state index contributed by atoms with van der Waals surface area (Å²) in [6.45, 7) is 4.15. The van der Waals surface area contributed by atoms with E-state index in [1.54, 1.807) is 10.9 Å². The van der Waals surface area contributed by atoms with Gasteiger partial charge in [0.1, 0.15) is 0 Å². The van der Waals surface area contributed by atoms with Crippen LogP contribution < -0.4 is 16.6 Å². The minimum Gasteiger partial charge on any atom is -0.324 e. The van der Waals surface area contributed by atoms with Gasteiger partial charge in [-0.05, 0) is 48.7 Å². The predicted molar refractivity (Wildman–Crippen MR) is 112 cm³/mol. The quantitative estimate of drug-likeness (QED) is 0.363. The molecule has 0 atom stereocenters. The molecule has 0 radical (unpaired) electrons. The second kappa shape index (κ2) is 7.50. The van der Waals surface area contributed by atoms with Gasteiger partial charge in [-0.25, -0.2) is 10.5 Å². The van der Waals surface area contributed by atoms with Gasteiger partial charge < -0.3 is 10.7 Å². The Morgan fingerprint density at radius 2 is 1.75 bits per heavy atom. The van der Waals surface area contributed by atoms with Crippen LogP contribution in [0.15, 0.2) is 67.0 Å². The highest BCUT2D eigenvalue weighted by Gasteiger charge is 2.20. The van der Waals surface area contributed by atoms with E-state index in [0.717, 1.165) is 22.4 Å². The molecule has 2 aromatic carbocycles. The summed E-state index contributed by atoms with van der Waals surface area (Å²) in [5, 5.41) is 7.61. The average molecular weight is 371 g/mol. The largest absolute Gasteiger partial charge is 0.324 e. The van der Waals surface area contributed by atoms with Gasteiger partial charge in [0.05, 0.1) is 5.56 Å². The third-order valence-electron chi connectivity index (χ3n) is 4.65. The van der Waals surface area contributed by atoms with Gasteiger partial charge in [0.25, 0.3) is 0 Å². The number of nitrogen functional groups attached to an aromatic ring is 1. The monoisotopic (exact) mass is 371 g/mol. The first-order valence-electron chi connectivity index (χ1n) is 8.94. The van der Waals surface area contributed by atoms with Crippen LogP contribution in [0.3, 0.4) is 0 Å². The van der Waals surface area contributed by atoms with Gasteiger partial charge in [0.2, 0.25) is 5.95 Å². The molecule has 0 aliphatic carbocycles. The average Bonchev–Trinajstić information content (AvgIpc) is 3.25. The highest BCUT2D eigenvalue weighted by molar-refractivity contribution is 5.84. The highest BCUT2D eigenvalue weighted by atomic mass is 15.3. The van der Waals surface area contributed by atoms with Crippen LogP contribution in [0.5, 0.6) is 0 Å². The normalized spacial score (nSPS) is 10.7. The van der Waals surface area contributed by atoms with Gasteiger partial charge >= 0.3 is 0 Å². The Bertz CT molecular complexity index is 1090. The molecule has 0 saturated heterocycles. The maximum atomic E-state index is 5.86. The zero-order valence-electron chi connectivity index (χ0n) is 15.7. The maximum absolute atomic E-state index is 5.86. The molecule has 0 saturated carbocycles. The van der Waals surface area contributed by atoms with E-state index in [1.807, 2.05) is 54.7 Å². The molecule has 4 aromatic rings. The summed E-state index contributed by atoms with van der Waals surface area (Å²) in [5.41, 5.74) is 7.74. The topological polar surface area (TPSA) is 93.7 Å². The van der Waals surface area contributed by atoms with E-state index in [1.165, 1.54) is 5.56 Å². The lowest BCUT2D eigenvalue weighted by molar-refractivity contribution is 0.844. The number of nitrogens with one attached hydrogen (secondary N) is 2. The van der Waals surface area contributed by atoms with Crippen molar-refractivity contribution < 1.29 is 0 Å². The molecule has 0 aliphatic rings. The fraction of sp³-hybridized carbons (Fsp3) is 0.0952. The Morgan fingerprint density at radius 3 is 2.46 bits per heavy atom. The maximum Gasteiger partial charge on any atom is 0.231 e. The number of hydrogen-bond donors (Lipinski definition) is 3. The first kappa shape index (κ1) is 17.7. The lowest BCUT2D eigenvalue weighted by atomic mass is 9.97. The van der Waals surface area contributed by atoms with Crippen molar-refractivity contribution in [1.29, 1.82) is 0 Å². The predicted octanol–water partition coefficient (Wildman–Crippen LogP) is 3.98. The molecule has 0 fully saturated rings. The van der Waals surface area contributed by atoms with E-state index in [-0.39, 0.29) is 0 Å². The lowest BCUT2D eigenvalue weighted by Crippen LogP contribution is -2.15. The number of para-hydroxylation sites is 1. The summed E-state index contributed by atoms with van der Waals surface area (Å²) in [4.78, 5) is 9.35. The summed E-state index contributed by atoms with van der Waals surface area (Å²) >= 11 is 0. The molecule has 4 N–H and O–H groups in total. The molecule has 2 aromatic heterocycles. The van der Waals surface area contributed by atoms with E-state index >= 15 is 0 Å².